The summed E-state index contributed by atoms with van der Waals surface area (Å²) in [4.78, 5) is 0. The van der Waals surface area contributed by atoms with Gasteiger partial charge in [-0.15, -0.1) is 0 Å². The Labute approximate surface area is 140 Å². The van der Waals surface area contributed by atoms with Gasteiger partial charge in [-0.1, -0.05) is 64.1 Å². The number of benzene rings is 2. The lowest BCUT2D eigenvalue weighted by atomic mass is 9.87. The largest absolute Gasteiger partial charge is 0.306 e. The maximum absolute atomic E-state index is 6.63. The highest BCUT2D eigenvalue weighted by Crippen LogP contribution is 2.27. The lowest BCUT2D eigenvalue weighted by molar-refractivity contribution is 0.564. The minimum atomic E-state index is -0.954. The van der Waals surface area contributed by atoms with E-state index in [0.717, 1.165) is 36.8 Å². The van der Waals surface area contributed by atoms with Gasteiger partial charge in [-0.3, -0.25) is 0 Å². The highest BCUT2D eigenvalue weighted by molar-refractivity contribution is 5.44. The van der Waals surface area contributed by atoms with E-state index >= 15 is 0 Å². The topological polar surface area (TPSA) is 52.0 Å². The zero-order valence-electron chi connectivity index (χ0n) is 14.9. The number of aryl methyl sites for hydroxylation is 4. The highest BCUT2D eigenvalue weighted by Gasteiger charge is 2.26. The minimum Gasteiger partial charge on any atom is -0.306 e. The molecular formula is C21H30N2. The van der Waals surface area contributed by atoms with Crippen LogP contribution in [0.25, 0.3) is 0 Å². The summed E-state index contributed by atoms with van der Waals surface area (Å²) in [6.45, 7) is 8.67. The molecule has 2 aromatic carbocycles. The molecule has 2 rings (SSSR count). The van der Waals surface area contributed by atoms with Gasteiger partial charge < -0.3 is 11.5 Å². The van der Waals surface area contributed by atoms with Crippen LogP contribution in [0.4, 0.5) is 0 Å². The Morgan fingerprint density at radius 3 is 1.04 bits per heavy atom. The first-order valence-corrected chi connectivity index (χ1v) is 8.78. The van der Waals surface area contributed by atoms with Crippen LogP contribution in [0.15, 0.2) is 36.4 Å². The monoisotopic (exact) mass is 310 g/mol. The SMILES string of the molecule is CCc1cc(CC)cc(C(N)(N)c2cc(CC)cc(CC)c2)c1. The summed E-state index contributed by atoms with van der Waals surface area (Å²) in [5, 5.41) is 0. The van der Waals surface area contributed by atoms with E-state index in [4.69, 9.17) is 11.5 Å². The number of rotatable bonds is 6. The van der Waals surface area contributed by atoms with Crippen LogP contribution in [-0.2, 0) is 31.3 Å². The van der Waals surface area contributed by atoms with Crippen molar-refractivity contribution in [3.63, 3.8) is 0 Å². The molecule has 2 aromatic rings. The number of hydrogen-bond donors (Lipinski definition) is 2. The van der Waals surface area contributed by atoms with Crippen molar-refractivity contribution in [2.24, 2.45) is 11.5 Å². The third-order valence-corrected chi connectivity index (χ3v) is 4.69. The van der Waals surface area contributed by atoms with Crippen LogP contribution < -0.4 is 11.5 Å². The van der Waals surface area contributed by atoms with Gasteiger partial charge >= 0.3 is 0 Å². The van der Waals surface area contributed by atoms with Crippen molar-refractivity contribution in [3.05, 3.63) is 69.8 Å². The van der Waals surface area contributed by atoms with Crippen LogP contribution in [0.1, 0.15) is 61.1 Å². The van der Waals surface area contributed by atoms with Crippen LogP contribution in [0.5, 0.6) is 0 Å². The lowest BCUT2D eigenvalue weighted by Crippen LogP contribution is -2.47. The first-order chi connectivity index (χ1) is 10.9. The first kappa shape index (κ1) is 17.7. The minimum absolute atomic E-state index is 0.954. The van der Waals surface area contributed by atoms with Crippen LogP contribution in [0.2, 0.25) is 0 Å². The van der Waals surface area contributed by atoms with Crippen molar-refractivity contribution in [2.45, 2.75) is 59.0 Å². The van der Waals surface area contributed by atoms with Crippen LogP contribution >= 0.6 is 0 Å². The molecule has 0 aliphatic carbocycles. The van der Waals surface area contributed by atoms with E-state index in [-0.39, 0.29) is 0 Å². The summed E-state index contributed by atoms with van der Waals surface area (Å²) < 4.78 is 0. The van der Waals surface area contributed by atoms with Gasteiger partial charge in [0.2, 0.25) is 0 Å². The molecule has 0 heterocycles. The van der Waals surface area contributed by atoms with Gasteiger partial charge in [0.15, 0.2) is 0 Å². The first-order valence-electron chi connectivity index (χ1n) is 8.78. The lowest BCUT2D eigenvalue weighted by Gasteiger charge is -2.28. The van der Waals surface area contributed by atoms with Gasteiger partial charge in [0.25, 0.3) is 0 Å². The smallest absolute Gasteiger partial charge is 0.116 e. The van der Waals surface area contributed by atoms with Crippen LogP contribution in [-0.4, -0.2) is 0 Å². The molecule has 2 heteroatoms. The molecule has 0 atom stereocenters. The van der Waals surface area contributed by atoms with Gasteiger partial charge in [-0.25, -0.2) is 0 Å². The molecule has 0 amide bonds. The van der Waals surface area contributed by atoms with Crippen molar-refractivity contribution >= 4 is 0 Å². The van der Waals surface area contributed by atoms with E-state index < -0.39 is 5.66 Å². The molecule has 4 N–H and O–H groups in total. The van der Waals surface area contributed by atoms with Crippen molar-refractivity contribution < 1.29 is 0 Å². The average Bonchev–Trinajstić information content (AvgIpc) is 2.60. The summed E-state index contributed by atoms with van der Waals surface area (Å²) in [5.41, 5.74) is 19.5. The molecule has 0 saturated carbocycles. The maximum atomic E-state index is 6.63. The molecule has 0 aliphatic heterocycles. The zero-order valence-corrected chi connectivity index (χ0v) is 14.9. The fourth-order valence-electron chi connectivity index (χ4n) is 2.99. The summed E-state index contributed by atoms with van der Waals surface area (Å²) >= 11 is 0. The van der Waals surface area contributed by atoms with Gasteiger partial charge in [0.1, 0.15) is 5.66 Å². The Hall–Kier alpha value is -1.64. The quantitative estimate of drug-likeness (QED) is 0.791. The third-order valence-electron chi connectivity index (χ3n) is 4.69. The van der Waals surface area contributed by atoms with Gasteiger partial charge in [-0.2, -0.15) is 0 Å². The Bertz CT molecular complexity index is 570. The second kappa shape index (κ2) is 7.29. The molecule has 0 unspecified atom stereocenters. The summed E-state index contributed by atoms with van der Waals surface area (Å²) in [6, 6.07) is 13.1. The van der Waals surface area contributed by atoms with Gasteiger partial charge in [0.05, 0.1) is 0 Å². The molecule has 0 bridgehead atoms. The van der Waals surface area contributed by atoms with E-state index in [2.05, 4.69) is 64.1 Å². The molecule has 0 saturated heterocycles. The molecule has 0 aliphatic rings. The summed E-state index contributed by atoms with van der Waals surface area (Å²) in [6.07, 6.45) is 3.97. The molecule has 0 fully saturated rings. The Balaban J connectivity index is 2.57. The summed E-state index contributed by atoms with van der Waals surface area (Å²) in [5.74, 6) is 0. The average molecular weight is 310 g/mol. The van der Waals surface area contributed by atoms with Crippen molar-refractivity contribution in [1.29, 1.82) is 0 Å². The maximum Gasteiger partial charge on any atom is 0.116 e. The second-order valence-corrected chi connectivity index (χ2v) is 6.36. The molecule has 0 radical (unpaired) electrons. The second-order valence-electron chi connectivity index (χ2n) is 6.36. The Kier molecular flexibility index (Phi) is 5.61. The predicted molar refractivity (Wildman–Crippen MR) is 99.6 cm³/mol. The summed E-state index contributed by atoms with van der Waals surface area (Å²) in [7, 11) is 0. The van der Waals surface area contributed by atoms with E-state index in [9.17, 15) is 0 Å². The van der Waals surface area contributed by atoms with E-state index in [1.807, 2.05) is 0 Å². The molecular weight excluding hydrogens is 280 g/mol. The fourth-order valence-corrected chi connectivity index (χ4v) is 2.99. The zero-order chi connectivity index (χ0) is 17.0. The van der Waals surface area contributed by atoms with Crippen molar-refractivity contribution in [2.75, 3.05) is 0 Å². The number of hydrogen-bond acceptors (Lipinski definition) is 2. The Morgan fingerprint density at radius 2 is 0.826 bits per heavy atom. The van der Waals surface area contributed by atoms with E-state index in [1.165, 1.54) is 22.3 Å². The molecule has 0 spiro atoms. The Morgan fingerprint density at radius 1 is 0.565 bits per heavy atom. The molecule has 0 aromatic heterocycles. The van der Waals surface area contributed by atoms with Crippen LogP contribution in [0.3, 0.4) is 0 Å². The van der Waals surface area contributed by atoms with Crippen molar-refractivity contribution in [1.82, 2.24) is 0 Å². The van der Waals surface area contributed by atoms with E-state index in [0.29, 0.717) is 0 Å². The molecule has 23 heavy (non-hydrogen) atoms. The van der Waals surface area contributed by atoms with Crippen molar-refractivity contribution in [3.8, 4) is 0 Å². The predicted octanol–water partition coefficient (Wildman–Crippen LogP) is 4.05. The fraction of sp³-hybridized carbons (Fsp3) is 0.429. The normalized spacial score (nSPS) is 11.7. The highest BCUT2D eigenvalue weighted by atomic mass is 15.0. The molecule has 2 nitrogen and oxygen atoms in total. The third kappa shape index (κ3) is 3.82. The molecule has 124 valence electrons. The van der Waals surface area contributed by atoms with Crippen LogP contribution in [0, 0.1) is 0 Å². The van der Waals surface area contributed by atoms with E-state index in [1.54, 1.807) is 0 Å². The van der Waals surface area contributed by atoms with Gasteiger partial charge in [0, 0.05) is 0 Å². The standard InChI is InChI=1S/C21H30N2/c1-5-15-9-16(6-2)12-19(11-15)21(22,23)20-13-17(7-3)10-18(8-4)14-20/h9-14H,5-8,22-23H2,1-4H3. The number of nitrogens with two attached hydrogens (primary N) is 2. The van der Waals surface area contributed by atoms with Gasteiger partial charge in [-0.05, 0) is 59.1 Å².